The van der Waals surface area contributed by atoms with Crippen molar-refractivity contribution in [2.75, 3.05) is 36.8 Å². The van der Waals surface area contributed by atoms with E-state index in [9.17, 15) is 78.7 Å². The molecule has 0 unspecified atom stereocenters. The van der Waals surface area contributed by atoms with Gasteiger partial charge < -0.3 is 66.2 Å². The molecule has 0 bridgehead atoms. The number of sulfonamides is 2. The van der Waals surface area contributed by atoms with Gasteiger partial charge in [-0.3, -0.25) is 33.8 Å². The van der Waals surface area contributed by atoms with E-state index in [1.165, 1.54) is 57.2 Å². The van der Waals surface area contributed by atoms with E-state index in [1.54, 1.807) is 54.6 Å². The maximum absolute atomic E-state index is 14.6. The van der Waals surface area contributed by atoms with Crippen LogP contribution in [0.5, 0.6) is 0 Å². The molecule has 10 atom stereocenters. The number of fused-ring (bicyclic) bond motifs is 4. The third-order valence-corrected chi connectivity index (χ3v) is 26.4. The summed E-state index contributed by atoms with van der Waals surface area (Å²) < 4.78 is 110. The van der Waals surface area contributed by atoms with Gasteiger partial charge in [-0.05, 0) is 137 Å². The fourth-order valence-corrected chi connectivity index (χ4v) is 19.2. The number of carbonyl (C=O) groups excluding carboxylic acids is 9. The number of unbranched alkanes of at least 4 members (excludes halogenated alkanes) is 4. The number of hydrogen-bond acceptors (Lipinski definition) is 21. The molecule has 4 aliphatic carbocycles. The van der Waals surface area contributed by atoms with Crippen molar-refractivity contribution in [3.63, 3.8) is 0 Å². The minimum Gasteiger partial charge on any atom is -0.480 e. The Morgan fingerprint density at radius 1 is 0.653 bits per heavy atom. The Hall–Kier alpha value is -10.4. The number of halogens is 2. The molecule has 4 aromatic rings. The molecule has 0 aromatic heterocycles. The number of ether oxygens (including phenoxy) is 4. The summed E-state index contributed by atoms with van der Waals surface area (Å²) in [5, 5.41) is 29.6. The van der Waals surface area contributed by atoms with Crippen molar-refractivity contribution < 1.29 is 97.6 Å². The average molecular weight is 1680 g/mol. The van der Waals surface area contributed by atoms with Crippen LogP contribution in [-0.4, -0.2) is 182 Å². The van der Waals surface area contributed by atoms with Crippen LogP contribution in [0.15, 0.2) is 120 Å². The number of hydrogen-bond donors (Lipinski definition) is 10. The summed E-state index contributed by atoms with van der Waals surface area (Å²) in [6.07, 6.45) is 14.0. The zero-order valence-corrected chi connectivity index (χ0v) is 67.6. The molecule has 9 amide bonds. The highest BCUT2D eigenvalue weighted by Gasteiger charge is 2.63. The quantitative estimate of drug-likeness (QED) is 0.0188. The lowest BCUT2D eigenvalue weighted by molar-refractivity contribution is -0.141. The third kappa shape index (κ3) is 21.5. The molecule has 13 rings (SSSR count). The SMILES string of the molecule is C=C[C@@H]1C[C@@]12NC(=O)[C@@H]1C[C@@H](OC(=O)N3Cc4cccc(F)c4C3)CN1C(=O)[C@@H](NC(=O)OC1CCCC1)CCCCCCCCNc1ccccc1S(=O)(=O)NC2=O.C=C[C@@H]1C[C@]1(NC(=O)[C@@H]1C[C@@H](OC(=O)N2Cc3cccc(F)c3C2)CN1)C(=O)NS(=O)(=O)c1ccccc1NCCCCCCC[C@H](NC(=O)OC1CCCC1)C(=O)O. The molecule has 5 heterocycles. The van der Waals surface area contributed by atoms with Crippen LogP contribution in [0.1, 0.15) is 183 Å². The highest BCUT2D eigenvalue weighted by molar-refractivity contribution is 7.90. The predicted molar refractivity (Wildman–Crippen MR) is 426 cm³/mol. The number of carboxylic acids is 1. The van der Waals surface area contributed by atoms with Crippen molar-refractivity contribution in [2.45, 2.75) is 256 Å². The Morgan fingerprint density at radius 3 is 1.88 bits per heavy atom. The second kappa shape index (κ2) is 39.0. The maximum atomic E-state index is 14.6. The van der Waals surface area contributed by atoms with Crippen LogP contribution in [0.4, 0.5) is 39.3 Å². The second-order valence-electron chi connectivity index (χ2n) is 32.0. The van der Waals surface area contributed by atoms with Crippen molar-refractivity contribution in [3.8, 4) is 0 Å². The molecule has 31 nitrogen and oxygen atoms in total. The van der Waals surface area contributed by atoms with Gasteiger partial charge in [0.05, 0.1) is 37.1 Å². The molecule has 2 saturated heterocycles. The third-order valence-electron chi connectivity index (χ3n) is 23.6. The van der Waals surface area contributed by atoms with E-state index in [-0.39, 0.29) is 99.8 Å². The molecule has 5 aliphatic heterocycles. The zero-order valence-electron chi connectivity index (χ0n) is 66.0. The zero-order chi connectivity index (χ0) is 83.9. The number of nitrogens with zero attached hydrogens (tertiary/aromatic N) is 3. The summed E-state index contributed by atoms with van der Waals surface area (Å²) in [7, 11) is -8.82. The maximum Gasteiger partial charge on any atom is 0.410 e. The van der Waals surface area contributed by atoms with Crippen LogP contribution in [0.25, 0.3) is 0 Å². The van der Waals surface area contributed by atoms with E-state index in [1.807, 2.05) is 0 Å². The molecular weight excluding hydrogens is 1570 g/mol. The molecule has 4 saturated carbocycles. The van der Waals surface area contributed by atoms with E-state index < -0.39 is 151 Å². The Bertz CT molecular complexity index is 4650. The van der Waals surface area contributed by atoms with Gasteiger partial charge in [0.25, 0.3) is 31.9 Å². The van der Waals surface area contributed by atoms with Crippen LogP contribution in [0.3, 0.4) is 0 Å². The Labute approximate surface area is 685 Å². The lowest BCUT2D eigenvalue weighted by Crippen LogP contribution is -2.58. The second-order valence-corrected chi connectivity index (χ2v) is 35.3. The van der Waals surface area contributed by atoms with Gasteiger partial charge in [0.15, 0.2) is 0 Å². The first kappa shape index (κ1) is 86.9. The Morgan fingerprint density at radius 2 is 1.25 bits per heavy atom. The Kier molecular flexibility index (Phi) is 28.7. The highest BCUT2D eigenvalue weighted by atomic mass is 32.2. The number of carboxylic acid groups (broad SMARTS) is 1. The van der Waals surface area contributed by atoms with E-state index in [0.717, 1.165) is 103 Å². The fourth-order valence-electron chi connectivity index (χ4n) is 16.7. The lowest BCUT2D eigenvalue weighted by Gasteiger charge is -2.30. The molecule has 4 aromatic carbocycles. The minimum atomic E-state index is -4.42. The van der Waals surface area contributed by atoms with Gasteiger partial charge in [-0.25, -0.2) is 59.0 Å². The van der Waals surface area contributed by atoms with Gasteiger partial charge >= 0.3 is 30.3 Å². The number of carbonyl (C=O) groups is 10. The van der Waals surface area contributed by atoms with Gasteiger partial charge in [-0.15, -0.1) is 13.2 Å². The van der Waals surface area contributed by atoms with E-state index in [4.69, 9.17) is 18.9 Å². The van der Waals surface area contributed by atoms with E-state index >= 15 is 0 Å². The smallest absolute Gasteiger partial charge is 0.410 e. The number of benzene rings is 4. The number of nitrogens with one attached hydrogen (secondary N) is 9. The number of rotatable bonds is 23. The van der Waals surface area contributed by atoms with Gasteiger partial charge in [-0.1, -0.05) is 118 Å². The first-order chi connectivity index (χ1) is 56.7. The molecule has 0 radical (unpaired) electrons. The largest absolute Gasteiger partial charge is 0.480 e. The van der Waals surface area contributed by atoms with Crippen LogP contribution < -0.4 is 46.7 Å². The van der Waals surface area contributed by atoms with Crippen LogP contribution in [0.2, 0.25) is 0 Å². The summed E-state index contributed by atoms with van der Waals surface area (Å²) in [5.74, 6) is -6.89. The van der Waals surface area contributed by atoms with E-state index in [0.29, 0.717) is 66.0 Å². The van der Waals surface area contributed by atoms with Crippen molar-refractivity contribution in [3.05, 3.63) is 144 Å². The van der Waals surface area contributed by atoms with Gasteiger partial charge in [0.2, 0.25) is 17.7 Å². The van der Waals surface area contributed by atoms with Crippen molar-refractivity contribution in [1.29, 1.82) is 0 Å². The van der Waals surface area contributed by atoms with Gasteiger partial charge in [0.1, 0.15) is 75.0 Å². The minimum absolute atomic E-state index is 0.0146. The highest BCUT2D eigenvalue weighted by Crippen LogP contribution is 2.47. The predicted octanol–water partition coefficient (Wildman–Crippen LogP) is 9.46. The molecule has 35 heteroatoms. The van der Waals surface area contributed by atoms with Crippen molar-refractivity contribution in [1.82, 2.24) is 50.7 Å². The van der Waals surface area contributed by atoms with Crippen molar-refractivity contribution in [2.24, 2.45) is 11.8 Å². The lowest BCUT2D eigenvalue weighted by atomic mass is 10.0. The number of para-hydroxylation sites is 2. The monoisotopic (exact) mass is 1680 g/mol. The van der Waals surface area contributed by atoms with Gasteiger partial charge in [0, 0.05) is 68.5 Å². The number of alkyl carbamates (subject to hydrolysis) is 2. The normalized spacial score (nSPS) is 25.3. The average Bonchev–Trinajstić information content (AvgIpc) is 1.58. The molecule has 6 fully saturated rings. The summed E-state index contributed by atoms with van der Waals surface area (Å²) in [6.45, 7) is 8.82. The number of aliphatic carboxylic acids is 1. The first-order valence-electron chi connectivity index (χ1n) is 41.0. The van der Waals surface area contributed by atoms with Crippen LogP contribution in [0, 0.1) is 23.5 Å². The van der Waals surface area contributed by atoms with Crippen molar-refractivity contribution >= 4 is 91.3 Å². The summed E-state index contributed by atoms with van der Waals surface area (Å²) in [5.41, 5.74) is -0.452. The topological polar surface area (TPSA) is 414 Å². The molecule has 118 heavy (non-hydrogen) atoms. The first-order valence-corrected chi connectivity index (χ1v) is 44.0. The molecular formula is C83H106F2N12O19S2. The molecule has 10 N–H and O–H groups in total. The summed E-state index contributed by atoms with van der Waals surface area (Å²) >= 11 is 0. The number of anilines is 2. The summed E-state index contributed by atoms with van der Waals surface area (Å²) in [4.78, 5) is 137. The van der Waals surface area contributed by atoms with Crippen LogP contribution >= 0.6 is 0 Å². The van der Waals surface area contributed by atoms with Crippen LogP contribution in [-0.2, 0) is 93.9 Å². The van der Waals surface area contributed by atoms with E-state index in [2.05, 4.69) is 59.8 Å². The molecule has 1 spiro atoms. The molecule has 638 valence electrons. The fraction of sp³-hybridized carbons (Fsp3) is 0.542. The van der Waals surface area contributed by atoms with Gasteiger partial charge in [-0.2, -0.15) is 0 Å². The Balaban J connectivity index is 0.000000217. The summed E-state index contributed by atoms with van der Waals surface area (Å²) in [6, 6.07) is 17.5. The molecule has 9 aliphatic rings. The number of amides is 9. The standard InChI is InChI=1S/C42H53FN6O9S.C41H53FN6O10S/c1-2-28-23-42(28)39(52)47-59(55,56)36-20-11-10-18-33(36)44-21-12-6-4-3-5-7-19-34(45-40(53)57-29-15-8-9-16-29)38(51)49-25-30(22-35(49)37(50)46-42)58-41(54)48-24-27-14-13-17-32(43)31(27)26-48;1-2-27-22-41(27,46-36(49)34-21-29(23-44-34)58-40(54)48-24-26-13-12-16-31(42)30(26)25-48)38(52)47-59(55,56)35-19-10-9-17-32(35)43-20-11-5-3-4-6-18-33(37(50)51)45-39(53)57-28-14-7-8-15-28/h2,10-11,13-14,17-18,20,28-30,34-35,44H,1,3-9,12,15-16,19,21-26H2,(H,45,53)(H,46,50)(H,47,52);2,9-10,12-13,16-17,19,27-29,33-34,43-44H,1,3-8,11,14-15,18,20-25H2,(H,45,53)(H,46,49)(H,47,52)(H,50,51)/t28-,30-,34+,35+,42-;27-,29-,33+,34+,41-/m11/s1.